The third kappa shape index (κ3) is 6.77. The van der Waals surface area contributed by atoms with Crippen molar-refractivity contribution in [2.24, 2.45) is 5.92 Å². The molecule has 1 aliphatic heterocycles. The summed E-state index contributed by atoms with van der Waals surface area (Å²) in [4.78, 5) is 32.5. The van der Waals surface area contributed by atoms with E-state index in [-0.39, 0.29) is 17.7 Å². The van der Waals surface area contributed by atoms with E-state index in [1.807, 2.05) is 26.2 Å². The third-order valence-electron chi connectivity index (χ3n) is 5.28. The molecule has 0 bridgehead atoms. The Bertz CT molecular complexity index is 860. The first-order valence-corrected chi connectivity index (χ1v) is 11.9. The van der Waals surface area contributed by atoms with E-state index in [1.54, 1.807) is 24.3 Å². The molecule has 0 spiro atoms. The molecule has 1 fully saturated rings. The number of aromatic nitrogens is 1. The Labute approximate surface area is 188 Å². The minimum Gasteiger partial charge on any atom is -0.494 e. The van der Waals surface area contributed by atoms with Gasteiger partial charge < -0.3 is 15.4 Å². The van der Waals surface area contributed by atoms with Crippen LogP contribution in [0.5, 0.6) is 5.75 Å². The second-order valence-corrected chi connectivity index (χ2v) is 8.98. The number of piperidine rings is 1. The van der Waals surface area contributed by atoms with E-state index >= 15 is 0 Å². The van der Waals surface area contributed by atoms with Crippen molar-refractivity contribution in [3.8, 4) is 5.75 Å². The molecule has 2 heterocycles. The SMILES string of the molecule is CCOc1ccc(C(=O)NC(C(=O)Nc2nc(CN3CCCCC3)cs2)C(C)C)cc1. The molecule has 168 valence electrons. The van der Waals surface area contributed by atoms with Crippen LogP contribution in [0.2, 0.25) is 0 Å². The van der Waals surface area contributed by atoms with E-state index in [0.29, 0.717) is 23.1 Å². The average Bonchev–Trinajstić information content (AvgIpc) is 3.19. The quantitative estimate of drug-likeness (QED) is 0.612. The molecule has 0 radical (unpaired) electrons. The highest BCUT2D eigenvalue weighted by Crippen LogP contribution is 2.20. The van der Waals surface area contributed by atoms with Gasteiger partial charge in [-0.25, -0.2) is 4.98 Å². The molecule has 7 nitrogen and oxygen atoms in total. The van der Waals surface area contributed by atoms with Gasteiger partial charge in [0.1, 0.15) is 11.8 Å². The Hall–Kier alpha value is -2.45. The second kappa shape index (κ2) is 11.2. The standard InChI is InChI=1S/C23H32N4O3S/c1-4-30-19-10-8-17(9-11-19)21(28)25-20(16(2)3)22(29)26-23-24-18(15-31-23)14-27-12-6-5-7-13-27/h8-11,15-16,20H,4-7,12-14H2,1-3H3,(H,25,28)(H,24,26,29). The van der Waals surface area contributed by atoms with Gasteiger partial charge in [-0.2, -0.15) is 0 Å². The first-order valence-electron chi connectivity index (χ1n) is 11.0. The van der Waals surface area contributed by atoms with Gasteiger partial charge in [0.2, 0.25) is 5.91 Å². The van der Waals surface area contributed by atoms with Crippen LogP contribution in [0.25, 0.3) is 0 Å². The molecule has 1 unspecified atom stereocenters. The molecule has 0 aliphatic carbocycles. The number of nitrogens with zero attached hydrogens (tertiary/aromatic N) is 2. The lowest BCUT2D eigenvalue weighted by molar-refractivity contribution is -0.118. The maximum atomic E-state index is 12.9. The number of rotatable bonds is 9. The Morgan fingerprint density at radius 2 is 1.87 bits per heavy atom. The van der Waals surface area contributed by atoms with Crippen molar-refractivity contribution in [3.63, 3.8) is 0 Å². The molecule has 8 heteroatoms. The predicted molar refractivity (Wildman–Crippen MR) is 124 cm³/mol. The maximum Gasteiger partial charge on any atom is 0.251 e. The molecule has 1 aromatic carbocycles. The van der Waals surface area contributed by atoms with Crippen LogP contribution in [0, 0.1) is 5.92 Å². The van der Waals surface area contributed by atoms with Crippen LogP contribution in [0.3, 0.4) is 0 Å². The molecule has 2 aromatic rings. The van der Waals surface area contributed by atoms with Gasteiger partial charge in [-0.15, -0.1) is 11.3 Å². The summed E-state index contributed by atoms with van der Waals surface area (Å²) in [5.74, 6) is 0.0933. The number of ether oxygens (including phenoxy) is 1. The Kier molecular flexibility index (Phi) is 8.43. The fourth-order valence-electron chi connectivity index (χ4n) is 3.60. The van der Waals surface area contributed by atoms with Gasteiger partial charge in [-0.1, -0.05) is 20.3 Å². The van der Waals surface area contributed by atoms with Crippen molar-refractivity contribution in [1.82, 2.24) is 15.2 Å². The van der Waals surface area contributed by atoms with E-state index in [1.165, 1.54) is 30.6 Å². The zero-order chi connectivity index (χ0) is 22.2. The van der Waals surface area contributed by atoms with Crippen molar-refractivity contribution in [3.05, 3.63) is 40.9 Å². The summed E-state index contributed by atoms with van der Waals surface area (Å²) in [6, 6.07) is 6.24. The van der Waals surface area contributed by atoms with Gasteiger partial charge >= 0.3 is 0 Å². The van der Waals surface area contributed by atoms with Crippen molar-refractivity contribution in [2.45, 2.75) is 52.6 Å². The normalized spacial score (nSPS) is 15.5. The minimum atomic E-state index is -0.659. The van der Waals surface area contributed by atoms with Crippen molar-refractivity contribution in [1.29, 1.82) is 0 Å². The van der Waals surface area contributed by atoms with Crippen LogP contribution in [-0.4, -0.2) is 47.4 Å². The summed E-state index contributed by atoms with van der Waals surface area (Å²) in [5, 5.41) is 8.29. The van der Waals surface area contributed by atoms with Gasteiger partial charge in [0, 0.05) is 17.5 Å². The van der Waals surface area contributed by atoms with Crippen molar-refractivity contribution >= 4 is 28.3 Å². The van der Waals surface area contributed by atoms with Crippen molar-refractivity contribution < 1.29 is 14.3 Å². The molecular weight excluding hydrogens is 412 g/mol. The Morgan fingerprint density at radius 1 is 1.16 bits per heavy atom. The number of amides is 2. The highest BCUT2D eigenvalue weighted by Gasteiger charge is 2.25. The summed E-state index contributed by atoms with van der Waals surface area (Å²) in [6.07, 6.45) is 3.77. The summed E-state index contributed by atoms with van der Waals surface area (Å²) >= 11 is 1.42. The number of hydrogen-bond donors (Lipinski definition) is 2. The lowest BCUT2D eigenvalue weighted by Crippen LogP contribution is -2.47. The highest BCUT2D eigenvalue weighted by molar-refractivity contribution is 7.13. The van der Waals surface area contributed by atoms with E-state index in [4.69, 9.17) is 4.74 Å². The van der Waals surface area contributed by atoms with Crippen LogP contribution in [0.4, 0.5) is 5.13 Å². The van der Waals surface area contributed by atoms with Crippen molar-refractivity contribution in [2.75, 3.05) is 25.0 Å². The number of carbonyl (C=O) groups is 2. The van der Waals surface area contributed by atoms with E-state index in [0.717, 1.165) is 25.3 Å². The smallest absolute Gasteiger partial charge is 0.251 e. The summed E-state index contributed by atoms with van der Waals surface area (Å²) in [5.41, 5.74) is 1.46. The third-order valence-corrected chi connectivity index (χ3v) is 6.09. The number of benzene rings is 1. The molecule has 2 N–H and O–H groups in total. The fraction of sp³-hybridized carbons (Fsp3) is 0.522. The van der Waals surface area contributed by atoms with E-state index in [2.05, 4.69) is 20.5 Å². The summed E-state index contributed by atoms with van der Waals surface area (Å²) in [6.45, 7) is 9.31. The average molecular weight is 445 g/mol. The fourth-order valence-corrected chi connectivity index (χ4v) is 4.30. The van der Waals surface area contributed by atoms with Crippen LogP contribution in [0.1, 0.15) is 56.1 Å². The number of anilines is 1. The Morgan fingerprint density at radius 3 is 2.52 bits per heavy atom. The van der Waals surface area contributed by atoms with Gasteiger partial charge in [0.05, 0.1) is 12.3 Å². The van der Waals surface area contributed by atoms with E-state index in [9.17, 15) is 9.59 Å². The van der Waals surface area contributed by atoms with Crippen LogP contribution in [0.15, 0.2) is 29.6 Å². The largest absolute Gasteiger partial charge is 0.494 e. The van der Waals surface area contributed by atoms with Gasteiger partial charge in [0.15, 0.2) is 5.13 Å². The predicted octanol–water partition coefficient (Wildman–Crippen LogP) is 3.92. The molecular formula is C23H32N4O3S. The molecule has 1 aliphatic rings. The lowest BCUT2D eigenvalue weighted by atomic mass is 10.0. The highest BCUT2D eigenvalue weighted by atomic mass is 32.1. The second-order valence-electron chi connectivity index (χ2n) is 8.12. The number of carbonyl (C=O) groups excluding carboxylic acids is 2. The van der Waals surface area contributed by atoms with Crippen LogP contribution < -0.4 is 15.4 Å². The summed E-state index contributed by atoms with van der Waals surface area (Å²) in [7, 11) is 0. The zero-order valence-electron chi connectivity index (χ0n) is 18.5. The Balaban J connectivity index is 1.58. The van der Waals surface area contributed by atoms with E-state index < -0.39 is 6.04 Å². The van der Waals surface area contributed by atoms with Gasteiger partial charge in [-0.05, 0) is 63.0 Å². The first-order chi connectivity index (χ1) is 15.0. The number of nitrogens with one attached hydrogen (secondary N) is 2. The zero-order valence-corrected chi connectivity index (χ0v) is 19.3. The molecule has 1 saturated heterocycles. The van der Waals surface area contributed by atoms with Crippen LogP contribution in [-0.2, 0) is 11.3 Å². The molecule has 1 aromatic heterocycles. The molecule has 2 amide bonds. The lowest BCUT2D eigenvalue weighted by Gasteiger charge is -2.25. The minimum absolute atomic E-state index is 0.0700. The van der Waals surface area contributed by atoms with Gasteiger partial charge in [-0.3, -0.25) is 14.5 Å². The number of likely N-dealkylation sites (tertiary alicyclic amines) is 1. The van der Waals surface area contributed by atoms with Gasteiger partial charge in [0.25, 0.3) is 5.91 Å². The number of hydrogen-bond acceptors (Lipinski definition) is 6. The monoisotopic (exact) mass is 444 g/mol. The van der Waals surface area contributed by atoms with Crippen LogP contribution >= 0.6 is 11.3 Å². The summed E-state index contributed by atoms with van der Waals surface area (Å²) < 4.78 is 5.41. The molecule has 1 atom stereocenters. The molecule has 0 saturated carbocycles. The first kappa shape index (κ1) is 23.2. The molecule has 31 heavy (non-hydrogen) atoms. The number of thiazole rings is 1. The molecule has 3 rings (SSSR count). The maximum absolute atomic E-state index is 12.9. The topological polar surface area (TPSA) is 83.6 Å².